The first-order valence-corrected chi connectivity index (χ1v) is 10.3. The van der Waals surface area contributed by atoms with Gasteiger partial charge in [-0.05, 0) is 38.5 Å². The average molecular weight is 415 g/mol. The summed E-state index contributed by atoms with van der Waals surface area (Å²) in [5.41, 5.74) is 6.06. The first-order chi connectivity index (χ1) is 15.0. The first-order valence-electron chi connectivity index (χ1n) is 10.3. The lowest BCUT2D eigenvalue weighted by molar-refractivity contribution is 0.393. The second-order valence-corrected chi connectivity index (χ2v) is 7.82. The normalized spacial score (nSPS) is 15.5. The van der Waals surface area contributed by atoms with Crippen LogP contribution in [0.3, 0.4) is 0 Å². The molecule has 7 nitrogen and oxygen atoms in total. The molecule has 158 valence electrons. The maximum atomic E-state index is 5.77. The van der Waals surface area contributed by atoms with E-state index in [0.717, 1.165) is 63.0 Å². The van der Waals surface area contributed by atoms with Gasteiger partial charge in [0.1, 0.15) is 29.3 Å². The number of aromatic nitrogens is 2. The molecular weight excluding hydrogens is 390 g/mol. The standard InChI is InChI=1S/C24H25N5O2/c1-13-21(14(2)31-29-13)18-10-19-17(11-20(18)30-4)22-23(26-15(3)27-24(22)28-19)25-12-16-8-6-5-7-9-16/h5-11,23,25,28H,12H2,1-4H3,(H,26,27). The van der Waals surface area contributed by atoms with Crippen LogP contribution in [0.1, 0.15) is 35.7 Å². The number of hydrogen-bond acceptors (Lipinski definition) is 6. The monoisotopic (exact) mass is 415 g/mol. The summed E-state index contributed by atoms with van der Waals surface area (Å²) >= 11 is 0. The van der Waals surface area contributed by atoms with E-state index in [2.05, 4.69) is 45.0 Å². The van der Waals surface area contributed by atoms with E-state index in [0.29, 0.717) is 0 Å². The summed E-state index contributed by atoms with van der Waals surface area (Å²) in [5.74, 6) is 3.36. The van der Waals surface area contributed by atoms with E-state index in [1.165, 1.54) is 5.56 Å². The number of methoxy groups -OCH3 is 1. The van der Waals surface area contributed by atoms with Crippen LogP contribution in [0.2, 0.25) is 0 Å². The minimum absolute atomic E-state index is 0.167. The molecule has 0 amide bonds. The number of aliphatic imine (C=N–C) groups is 1. The minimum atomic E-state index is -0.167. The smallest absolute Gasteiger partial charge is 0.141 e. The zero-order valence-electron chi connectivity index (χ0n) is 18.0. The molecule has 0 saturated carbocycles. The molecule has 1 unspecified atom stereocenters. The molecule has 5 rings (SSSR count). The van der Waals surface area contributed by atoms with Crippen LogP contribution in [0.4, 0.5) is 5.82 Å². The van der Waals surface area contributed by atoms with E-state index in [9.17, 15) is 0 Å². The summed E-state index contributed by atoms with van der Waals surface area (Å²) in [6, 6.07) is 14.5. The molecule has 0 saturated heterocycles. The van der Waals surface area contributed by atoms with Crippen LogP contribution in [0.5, 0.6) is 5.75 Å². The third-order valence-electron chi connectivity index (χ3n) is 5.71. The zero-order valence-corrected chi connectivity index (χ0v) is 18.0. The van der Waals surface area contributed by atoms with Crippen molar-refractivity contribution in [3.05, 3.63) is 65.0 Å². The molecule has 7 heteroatoms. The quantitative estimate of drug-likeness (QED) is 0.423. The van der Waals surface area contributed by atoms with E-state index in [1.807, 2.05) is 39.0 Å². The maximum absolute atomic E-state index is 5.77. The van der Waals surface area contributed by atoms with Crippen molar-refractivity contribution in [2.24, 2.45) is 4.99 Å². The Morgan fingerprint density at radius 1 is 1.13 bits per heavy atom. The lowest BCUT2D eigenvalue weighted by atomic mass is 9.99. The van der Waals surface area contributed by atoms with Crippen molar-refractivity contribution in [3.8, 4) is 16.9 Å². The van der Waals surface area contributed by atoms with Gasteiger partial charge in [-0.1, -0.05) is 35.5 Å². The molecule has 2 aromatic carbocycles. The van der Waals surface area contributed by atoms with E-state index >= 15 is 0 Å². The van der Waals surface area contributed by atoms with Crippen molar-refractivity contribution in [2.75, 3.05) is 12.4 Å². The Morgan fingerprint density at radius 3 is 2.65 bits per heavy atom. The SMILES string of the molecule is COc1cc2c3c([nH]c2cc1-c1c(C)noc1C)NC(C)=NC3NCc1ccccc1. The number of hydrogen-bond donors (Lipinski definition) is 3. The summed E-state index contributed by atoms with van der Waals surface area (Å²) in [6.07, 6.45) is -0.167. The van der Waals surface area contributed by atoms with Crippen molar-refractivity contribution in [3.63, 3.8) is 0 Å². The zero-order chi connectivity index (χ0) is 21.5. The molecule has 3 N–H and O–H groups in total. The topological polar surface area (TPSA) is 87.5 Å². The van der Waals surface area contributed by atoms with Crippen molar-refractivity contribution >= 4 is 22.6 Å². The fourth-order valence-corrected chi connectivity index (χ4v) is 4.29. The highest BCUT2D eigenvalue weighted by Crippen LogP contribution is 2.42. The molecule has 3 heterocycles. The molecule has 2 aromatic heterocycles. The lowest BCUT2D eigenvalue weighted by Gasteiger charge is -2.22. The van der Waals surface area contributed by atoms with Crippen LogP contribution in [-0.2, 0) is 6.54 Å². The summed E-state index contributed by atoms with van der Waals surface area (Å²) in [6.45, 7) is 6.56. The van der Waals surface area contributed by atoms with E-state index in [1.54, 1.807) is 7.11 Å². The Hall–Kier alpha value is -3.58. The average Bonchev–Trinajstić information content (AvgIpc) is 3.29. The highest BCUT2D eigenvalue weighted by molar-refractivity contribution is 6.02. The number of nitrogens with zero attached hydrogens (tertiary/aromatic N) is 2. The van der Waals surface area contributed by atoms with Crippen LogP contribution in [0, 0.1) is 13.8 Å². The van der Waals surface area contributed by atoms with Crippen LogP contribution in [0.15, 0.2) is 52.0 Å². The van der Waals surface area contributed by atoms with Crippen molar-refractivity contribution in [1.82, 2.24) is 15.5 Å². The van der Waals surface area contributed by atoms with Gasteiger partial charge in [0, 0.05) is 28.6 Å². The van der Waals surface area contributed by atoms with E-state index in [4.69, 9.17) is 14.3 Å². The number of amidine groups is 1. The number of fused-ring (bicyclic) bond motifs is 3. The fraction of sp³-hybridized carbons (Fsp3) is 0.250. The maximum Gasteiger partial charge on any atom is 0.141 e. The Balaban J connectivity index is 1.60. The highest BCUT2D eigenvalue weighted by atomic mass is 16.5. The third-order valence-corrected chi connectivity index (χ3v) is 5.71. The fourth-order valence-electron chi connectivity index (χ4n) is 4.29. The molecular formula is C24H25N5O2. The third kappa shape index (κ3) is 3.37. The number of aryl methyl sites for hydroxylation is 2. The molecule has 0 radical (unpaired) electrons. The molecule has 1 aliphatic heterocycles. The van der Waals surface area contributed by atoms with Gasteiger partial charge in [0.25, 0.3) is 0 Å². The number of anilines is 1. The minimum Gasteiger partial charge on any atom is -0.496 e. The van der Waals surface area contributed by atoms with Crippen molar-refractivity contribution in [1.29, 1.82) is 0 Å². The van der Waals surface area contributed by atoms with Crippen molar-refractivity contribution in [2.45, 2.75) is 33.5 Å². The molecule has 0 fully saturated rings. The van der Waals surface area contributed by atoms with Gasteiger partial charge in [0.15, 0.2) is 0 Å². The Morgan fingerprint density at radius 2 is 1.94 bits per heavy atom. The van der Waals surface area contributed by atoms with Crippen LogP contribution >= 0.6 is 0 Å². The number of rotatable bonds is 5. The summed E-state index contributed by atoms with van der Waals surface area (Å²) in [7, 11) is 1.69. The Bertz CT molecular complexity index is 1270. The highest BCUT2D eigenvalue weighted by Gasteiger charge is 2.26. The van der Waals surface area contributed by atoms with Gasteiger partial charge >= 0.3 is 0 Å². The van der Waals surface area contributed by atoms with Gasteiger partial charge in [0.2, 0.25) is 0 Å². The van der Waals surface area contributed by atoms with Crippen LogP contribution < -0.4 is 15.4 Å². The van der Waals surface area contributed by atoms with E-state index < -0.39 is 0 Å². The number of aromatic amines is 1. The largest absolute Gasteiger partial charge is 0.496 e. The van der Waals surface area contributed by atoms with Gasteiger partial charge in [-0.15, -0.1) is 0 Å². The summed E-state index contributed by atoms with van der Waals surface area (Å²) in [4.78, 5) is 8.35. The Kier molecular flexibility index (Phi) is 4.75. The second kappa shape index (κ2) is 7.59. The molecule has 1 atom stereocenters. The molecule has 0 bridgehead atoms. The van der Waals surface area contributed by atoms with Crippen molar-refractivity contribution < 1.29 is 9.26 Å². The number of nitrogens with one attached hydrogen (secondary N) is 3. The lowest BCUT2D eigenvalue weighted by Crippen LogP contribution is -2.26. The summed E-state index contributed by atoms with van der Waals surface area (Å²) < 4.78 is 11.2. The van der Waals surface area contributed by atoms with Gasteiger partial charge in [-0.25, -0.2) is 4.99 Å². The summed E-state index contributed by atoms with van der Waals surface area (Å²) in [5, 5.41) is 12.1. The van der Waals surface area contributed by atoms with Gasteiger partial charge in [-0.2, -0.15) is 0 Å². The van der Waals surface area contributed by atoms with Crippen LogP contribution in [-0.4, -0.2) is 23.1 Å². The number of ether oxygens (including phenoxy) is 1. The predicted octanol–water partition coefficient (Wildman–Crippen LogP) is 5.08. The number of H-pyrrole nitrogens is 1. The first kappa shape index (κ1) is 19.4. The Labute approximate surface area is 180 Å². The molecule has 4 aromatic rings. The predicted molar refractivity (Wildman–Crippen MR) is 123 cm³/mol. The van der Waals surface area contributed by atoms with Gasteiger partial charge < -0.3 is 19.6 Å². The van der Waals surface area contributed by atoms with E-state index in [-0.39, 0.29) is 6.17 Å². The number of benzene rings is 2. The molecule has 31 heavy (non-hydrogen) atoms. The second-order valence-electron chi connectivity index (χ2n) is 7.82. The molecule has 0 aliphatic carbocycles. The molecule has 0 spiro atoms. The molecule has 1 aliphatic rings. The van der Waals surface area contributed by atoms with Gasteiger partial charge in [-0.3, -0.25) is 5.32 Å². The van der Waals surface area contributed by atoms with Crippen LogP contribution in [0.25, 0.3) is 22.0 Å². The van der Waals surface area contributed by atoms with Gasteiger partial charge in [0.05, 0.1) is 18.4 Å².